The molecule has 3 unspecified atom stereocenters. The minimum atomic E-state index is -4.95. The number of aliphatic hydroxyl groups excluding tert-OH is 1. The molecule has 0 radical (unpaired) electrons. The monoisotopic (exact) mass is 1270 g/mol. The van der Waals surface area contributed by atoms with E-state index in [-0.39, 0.29) is 25.7 Å². The Hall–Kier alpha value is -1.94. The maximum atomic E-state index is 13.0. The third-order valence-electron chi connectivity index (χ3n) is 15.7. The summed E-state index contributed by atoms with van der Waals surface area (Å²) in [5, 5.41) is 10.6. The predicted octanol–water partition coefficient (Wildman–Crippen LogP) is 18.5. The number of hydrogen-bond acceptors (Lipinski definition) is 15. The van der Waals surface area contributed by atoms with Crippen LogP contribution in [0.15, 0.2) is 0 Å². The molecule has 3 N–H and O–H groups in total. The highest BCUT2D eigenvalue weighted by Crippen LogP contribution is 2.45. The zero-order chi connectivity index (χ0) is 63.9. The fourth-order valence-electron chi connectivity index (χ4n) is 9.93. The molecule has 0 aliphatic rings. The number of carbonyl (C=O) groups excluding carboxylic acids is 4. The van der Waals surface area contributed by atoms with Crippen molar-refractivity contribution in [1.29, 1.82) is 0 Å². The zero-order valence-corrected chi connectivity index (χ0v) is 57.7. The molecule has 0 saturated carbocycles. The van der Waals surface area contributed by atoms with Crippen molar-refractivity contribution in [2.75, 3.05) is 39.6 Å². The van der Waals surface area contributed by atoms with E-state index in [4.69, 9.17) is 37.0 Å². The van der Waals surface area contributed by atoms with Crippen LogP contribution in [0.25, 0.3) is 0 Å². The van der Waals surface area contributed by atoms with Crippen LogP contribution in [0, 0.1) is 23.7 Å². The van der Waals surface area contributed by atoms with Crippen LogP contribution in [0.1, 0.15) is 325 Å². The van der Waals surface area contributed by atoms with E-state index in [0.717, 1.165) is 114 Å². The zero-order valence-electron chi connectivity index (χ0n) is 55.9. The van der Waals surface area contributed by atoms with Gasteiger partial charge in [0.05, 0.1) is 26.4 Å². The second-order valence-corrected chi connectivity index (χ2v) is 28.8. The second-order valence-electron chi connectivity index (χ2n) is 25.9. The molecule has 0 fully saturated rings. The van der Waals surface area contributed by atoms with Crippen LogP contribution in [0.2, 0.25) is 0 Å². The molecule has 17 nitrogen and oxygen atoms in total. The molecule has 0 aliphatic carbocycles. The minimum absolute atomic E-state index is 0.101. The molecule has 19 heteroatoms. The first-order chi connectivity index (χ1) is 41.1. The average Bonchev–Trinajstić information content (AvgIpc) is 3.65. The first-order valence-corrected chi connectivity index (χ1v) is 37.7. The Morgan fingerprint density at radius 2 is 0.558 bits per heavy atom. The molecule has 0 aromatic rings. The van der Waals surface area contributed by atoms with Crippen LogP contribution < -0.4 is 0 Å². The van der Waals surface area contributed by atoms with E-state index in [1.54, 1.807) is 0 Å². The number of phosphoric ester groups is 2. The van der Waals surface area contributed by atoms with Gasteiger partial charge in [-0.2, -0.15) is 0 Å². The molecule has 0 aliphatic heterocycles. The topological polar surface area (TPSA) is 237 Å². The fourth-order valence-corrected chi connectivity index (χ4v) is 11.5. The summed E-state index contributed by atoms with van der Waals surface area (Å²) in [4.78, 5) is 72.3. The van der Waals surface area contributed by atoms with Gasteiger partial charge in [-0.15, -0.1) is 0 Å². The van der Waals surface area contributed by atoms with Gasteiger partial charge in [0.25, 0.3) is 0 Å². The summed E-state index contributed by atoms with van der Waals surface area (Å²) < 4.78 is 68.1. The molecule has 86 heavy (non-hydrogen) atoms. The van der Waals surface area contributed by atoms with Crippen molar-refractivity contribution < 1.29 is 80.2 Å². The number of aliphatic hydroxyl groups is 1. The lowest BCUT2D eigenvalue weighted by Gasteiger charge is -2.21. The van der Waals surface area contributed by atoms with E-state index in [0.29, 0.717) is 31.6 Å². The molecule has 0 spiro atoms. The van der Waals surface area contributed by atoms with Crippen LogP contribution in [0.4, 0.5) is 0 Å². The van der Waals surface area contributed by atoms with Gasteiger partial charge in [-0.3, -0.25) is 37.3 Å². The standard InChI is InChI=1S/C67H130O17P2/c1-9-60(8)46-38-30-24-26-32-40-48-65(70)78-54-63(84-67(72)50-42-34-25-23-29-37-45-59(6)7)56-82-86(75,76)80-52-61(68)51-79-85(73,74)81-55-62(53-77-64(69)47-39-31-21-17-14-13-16-20-28-36-44-58(4)5)83-66(71)49-41-33-22-18-12-10-11-15-19-27-35-43-57(2)3/h57-63,68H,9-56H2,1-8H3,(H,73,74)(H,75,76)/t60?,61-,62-,63-/m1/s1. The molecule has 0 rings (SSSR count). The minimum Gasteiger partial charge on any atom is -0.462 e. The second kappa shape index (κ2) is 57.0. The normalized spacial score (nSPS) is 14.7. The summed E-state index contributed by atoms with van der Waals surface area (Å²) in [7, 11) is -9.90. The Kier molecular flexibility index (Phi) is 55.7. The molecular formula is C67H130O17P2. The van der Waals surface area contributed by atoms with Crippen LogP contribution >= 0.6 is 15.6 Å². The van der Waals surface area contributed by atoms with Crippen molar-refractivity contribution in [1.82, 2.24) is 0 Å². The van der Waals surface area contributed by atoms with Gasteiger partial charge >= 0.3 is 39.5 Å². The molecule has 0 aromatic heterocycles. The third kappa shape index (κ3) is 59.7. The summed E-state index contributed by atoms with van der Waals surface area (Å²) in [5.74, 6) is 0.786. The lowest BCUT2D eigenvalue weighted by Crippen LogP contribution is -2.30. The van der Waals surface area contributed by atoms with Gasteiger partial charge in [0.15, 0.2) is 12.2 Å². The van der Waals surface area contributed by atoms with Gasteiger partial charge in [-0.05, 0) is 49.4 Å². The lowest BCUT2D eigenvalue weighted by atomic mass is 10.00. The number of ether oxygens (including phenoxy) is 4. The van der Waals surface area contributed by atoms with Gasteiger partial charge in [-0.25, -0.2) is 9.13 Å². The van der Waals surface area contributed by atoms with Crippen LogP contribution in [0.3, 0.4) is 0 Å². The largest absolute Gasteiger partial charge is 0.472 e. The Morgan fingerprint density at radius 1 is 0.326 bits per heavy atom. The number of unbranched alkanes of at least 4 members (excludes halogenated alkanes) is 29. The van der Waals surface area contributed by atoms with Crippen LogP contribution in [0.5, 0.6) is 0 Å². The summed E-state index contributed by atoms with van der Waals surface area (Å²) in [6.45, 7) is 14.0. The molecular weight excluding hydrogens is 1140 g/mol. The van der Waals surface area contributed by atoms with Crippen LogP contribution in [-0.2, 0) is 65.4 Å². The highest BCUT2D eigenvalue weighted by Gasteiger charge is 2.30. The molecule has 0 amide bonds. The average molecular weight is 1270 g/mol. The Balaban J connectivity index is 5.25. The van der Waals surface area contributed by atoms with Gasteiger partial charge in [0.1, 0.15) is 19.3 Å². The highest BCUT2D eigenvalue weighted by atomic mass is 31.2. The first kappa shape index (κ1) is 84.1. The summed E-state index contributed by atoms with van der Waals surface area (Å²) in [6.07, 6.45) is 37.7. The molecule has 0 aromatic carbocycles. The number of carbonyl (C=O) groups is 4. The number of rotatable bonds is 64. The van der Waals surface area contributed by atoms with Gasteiger partial charge < -0.3 is 33.8 Å². The van der Waals surface area contributed by atoms with Crippen molar-refractivity contribution in [3.8, 4) is 0 Å². The molecule has 0 saturated heterocycles. The lowest BCUT2D eigenvalue weighted by molar-refractivity contribution is -0.161. The maximum Gasteiger partial charge on any atom is 0.472 e. The van der Waals surface area contributed by atoms with Crippen molar-refractivity contribution >= 4 is 39.5 Å². The SMILES string of the molecule is CCC(C)CCCCCCCCC(=O)OC[C@H](COP(=O)(O)OC[C@H](O)COP(=O)(O)OC[C@@H](COC(=O)CCCCCCCCCCCCC(C)C)OC(=O)CCCCCCCCCCCCCC(C)C)OC(=O)CCCCCCCCC(C)C. The molecule has 0 heterocycles. The molecule has 6 atom stereocenters. The van der Waals surface area contributed by atoms with E-state index in [1.165, 1.54) is 122 Å². The first-order valence-electron chi connectivity index (χ1n) is 34.7. The van der Waals surface area contributed by atoms with Gasteiger partial charge in [-0.1, -0.05) is 274 Å². The Bertz CT molecular complexity index is 1720. The molecule has 0 bridgehead atoms. The molecule has 510 valence electrons. The van der Waals surface area contributed by atoms with Crippen LogP contribution in [-0.4, -0.2) is 96.7 Å². The Morgan fingerprint density at radius 3 is 0.826 bits per heavy atom. The number of hydrogen-bond donors (Lipinski definition) is 3. The van der Waals surface area contributed by atoms with Crippen molar-refractivity contribution in [2.24, 2.45) is 23.7 Å². The number of esters is 4. The van der Waals surface area contributed by atoms with Crippen molar-refractivity contribution in [3.63, 3.8) is 0 Å². The van der Waals surface area contributed by atoms with E-state index in [1.807, 2.05) is 0 Å². The van der Waals surface area contributed by atoms with Gasteiger partial charge in [0, 0.05) is 25.7 Å². The Labute approximate surface area is 524 Å². The quantitative estimate of drug-likeness (QED) is 0.0222. The van der Waals surface area contributed by atoms with E-state index >= 15 is 0 Å². The van der Waals surface area contributed by atoms with Crippen molar-refractivity contribution in [3.05, 3.63) is 0 Å². The maximum absolute atomic E-state index is 13.0. The third-order valence-corrected chi connectivity index (χ3v) is 17.6. The fraction of sp³-hybridized carbons (Fsp3) is 0.940. The van der Waals surface area contributed by atoms with E-state index < -0.39 is 97.5 Å². The highest BCUT2D eigenvalue weighted by molar-refractivity contribution is 7.47. The summed E-state index contributed by atoms with van der Waals surface area (Å²) in [6, 6.07) is 0. The van der Waals surface area contributed by atoms with E-state index in [2.05, 4.69) is 55.4 Å². The van der Waals surface area contributed by atoms with E-state index in [9.17, 15) is 43.2 Å². The number of phosphoric acid groups is 2. The van der Waals surface area contributed by atoms with Crippen molar-refractivity contribution in [2.45, 2.75) is 343 Å². The summed E-state index contributed by atoms with van der Waals surface area (Å²) in [5.41, 5.74) is 0. The summed E-state index contributed by atoms with van der Waals surface area (Å²) >= 11 is 0. The smallest absolute Gasteiger partial charge is 0.462 e. The predicted molar refractivity (Wildman–Crippen MR) is 344 cm³/mol. The van der Waals surface area contributed by atoms with Gasteiger partial charge in [0.2, 0.25) is 0 Å².